The highest BCUT2D eigenvalue weighted by Gasteiger charge is 2.12. The molecule has 1 aliphatic rings. The molecule has 0 radical (unpaired) electrons. The summed E-state index contributed by atoms with van der Waals surface area (Å²) in [6, 6.07) is 8.40. The molecule has 0 aliphatic carbocycles. The fourth-order valence-electron chi connectivity index (χ4n) is 2.36. The number of rotatable bonds is 2. The molecule has 0 saturated carbocycles. The van der Waals surface area contributed by atoms with Crippen molar-refractivity contribution in [3.05, 3.63) is 41.3 Å². The van der Waals surface area contributed by atoms with Gasteiger partial charge in [-0.15, -0.1) is 0 Å². The first-order chi connectivity index (χ1) is 9.74. The predicted molar refractivity (Wildman–Crippen MR) is 80.2 cm³/mol. The fraction of sp³-hybridized carbons (Fsp3) is 0.333. The fourth-order valence-corrected chi connectivity index (χ4v) is 2.50. The van der Waals surface area contributed by atoms with Crippen LogP contribution in [0.3, 0.4) is 0 Å². The molecule has 0 N–H and O–H groups in total. The molecule has 2 heterocycles. The predicted octanol–water partition coefficient (Wildman–Crippen LogP) is 2.94. The van der Waals surface area contributed by atoms with Gasteiger partial charge in [-0.2, -0.15) is 0 Å². The number of anilines is 1. The lowest BCUT2D eigenvalue weighted by Gasteiger charge is -2.28. The zero-order valence-electron chi connectivity index (χ0n) is 11.3. The van der Waals surface area contributed by atoms with E-state index in [0.29, 0.717) is 0 Å². The van der Waals surface area contributed by atoms with Crippen LogP contribution in [0.2, 0.25) is 5.28 Å². The molecule has 0 unspecified atom stereocenters. The van der Waals surface area contributed by atoms with E-state index >= 15 is 0 Å². The normalized spacial score (nSPS) is 15.4. The SMILES string of the molecule is Cc1cnc(Cl)nc1-c1ccc(N2CCOCC2)cc1. The van der Waals surface area contributed by atoms with Gasteiger partial charge in [-0.25, -0.2) is 9.97 Å². The largest absolute Gasteiger partial charge is 0.378 e. The number of hydrogen-bond donors (Lipinski definition) is 0. The molecular weight excluding hydrogens is 274 g/mol. The maximum atomic E-state index is 5.88. The van der Waals surface area contributed by atoms with Gasteiger partial charge in [0.05, 0.1) is 18.9 Å². The first-order valence-corrected chi connectivity index (χ1v) is 7.04. The molecule has 0 bridgehead atoms. The molecular formula is C15H16ClN3O. The second-order valence-corrected chi connectivity index (χ2v) is 5.16. The van der Waals surface area contributed by atoms with E-state index in [-0.39, 0.29) is 5.28 Å². The number of benzene rings is 1. The van der Waals surface area contributed by atoms with Crippen LogP contribution in [0.5, 0.6) is 0 Å². The highest BCUT2D eigenvalue weighted by atomic mass is 35.5. The molecule has 4 nitrogen and oxygen atoms in total. The monoisotopic (exact) mass is 289 g/mol. The third-order valence-electron chi connectivity index (χ3n) is 3.46. The number of aryl methyl sites for hydroxylation is 1. The smallest absolute Gasteiger partial charge is 0.222 e. The number of halogens is 1. The maximum absolute atomic E-state index is 5.88. The van der Waals surface area contributed by atoms with Gasteiger partial charge in [0.2, 0.25) is 5.28 Å². The van der Waals surface area contributed by atoms with Crippen molar-refractivity contribution in [2.75, 3.05) is 31.2 Å². The van der Waals surface area contributed by atoms with Crippen LogP contribution in [0.15, 0.2) is 30.5 Å². The van der Waals surface area contributed by atoms with Crippen LogP contribution in [-0.4, -0.2) is 36.3 Å². The summed E-state index contributed by atoms with van der Waals surface area (Å²) in [5, 5.41) is 0.280. The molecule has 2 aromatic rings. The van der Waals surface area contributed by atoms with E-state index in [2.05, 4.69) is 39.1 Å². The van der Waals surface area contributed by atoms with Gasteiger partial charge in [0.25, 0.3) is 0 Å². The Labute approximate surface area is 123 Å². The Morgan fingerprint density at radius 3 is 2.55 bits per heavy atom. The number of nitrogens with zero attached hydrogens (tertiary/aromatic N) is 3. The Hall–Kier alpha value is -1.65. The molecule has 1 aromatic carbocycles. The summed E-state index contributed by atoms with van der Waals surface area (Å²) < 4.78 is 5.37. The van der Waals surface area contributed by atoms with Crippen LogP contribution in [0, 0.1) is 6.92 Å². The van der Waals surface area contributed by atoms with E-state index < -0.39 is 0 Å². The molecule has 1 fully saturated rings. The second-order valence-electron chi connectivity index (χ2n) is 4.82. The van der Waals surface area contributed by atoms with Gasteiger partial charge in [-0.1, -0.05) is 12.1 Å². The lowest BCUT2D eigenvalue weighted by molar-refractivity contribution is 0.122. The van der Waals surface area contributed by atoms with E-state index in [1.165, 1.54) is 5.69 Å². The summed E-state index contributed by atoms with van der Waals surface area (Å²) in [7, 11) is 0. The van der Waals surface area contributed by atoms with E-state index in [1.807, 2.05) is 6.92 Å². The van der Waals surface area contributed by atoms with Crippen LogP contribution in [0.25, 0.3) is 11.3 Å². The molecule has 3 rings (SSSR count). The van der Waals surface area contributed by atoms with Gasteiger partial charge >= 0.3 is 0 Å². The van der Waals surface area contributed by atoms with Crippen molar-refractivity contribution in [2.45, 2.75) is 6.92 Å². The molecule has 0 atom stereocenters. The lowest BCUT2D eigenvalue weighted by Crippen LogP contribution is -2.36. The van der Waals surface area contributed by atoms with Crippen LogP contribution in [0.4, 0.5) is 5.69 Å². The van der Waals surface area contributed by atoms with Crippen molar-refractivity contribution in [1.29, 1.82) is 0 Å². The maximum Gasteiger partial charge on any atom is 0.222 e. The van der Waals surface area contributed by atoms with Crippen LogP contribution >= 0.6 is 11.6 Å². The highest BCUT2D eigenvalue weighted by molar-refractivity contribution is 6.28. The average Bonchev–Trinajstić information content (AvgIpc) is 2.51. The van der Waals surface area contributed by atoms with Crippen molar-refractivity contribution >= 4 is 17.3 Å². The number of hydrogen-bond acceptors (Lipinski definition) is 4. The van der Waals surface area contributed by atoms with Crippen LogP contribution in [-0.2, 0) is 4.74 Å². The van der Waals surface area contributed by atoms with Crippen molar-refractivity contribution in [3.63, 3.8) is 0 Å². The Bertz CT molecular complexity index is 595. The Balaban J connectivity index is 1.87. The van der Waals surface area contributed by atoms with Gasteiger partial charge in [0.15, 0.2) is 0 Å². The molecule has 0 spiro atoms. The molecule has 0 amide bonds. The highest BCUT2D eigenvalue weighted by Crippen LogP contribution is 2.25. The van der Waals surface area contributed by atoms with Crippen LogP contribution in [0.1, 0.15) is 5.56 Å². The molecule has 20 heavy (non-hydrogen) atoms. The molecule has 5 heteroatoms. The topological polar surface area (TPSA) is 38.2 Å². The first-order valence-electron chi connectivity index (χ1n) is 6.66. The lowest BCUT2D eigenvalue weighted by atomic mass is 10.1. The zero-order valence-corrected chi connectivity index (χ0v) is 12.1. The molecule has 1 aliphatic heterocycles. The first kappa shape index (κ1) is 13.3. The van der Waals surface area contributed by atoms with E-state index in [1.54, 1.807) is 6.20 Å². The number of aromatic nitrogens is 2. The third kappa shape index (κ3) is 2.76. The summed E-state index contributed by atoms with van der Waals surface area (Å²) >= 11 is 5.88. The molecule has 1 saturated heterocycles. The summed E-state index contributed by atoms with van der Waals surface area (Å²) in [5.74, 6) is 0. The molecule has 104 valence electrons. The van der Waals surface area contributed by atoms with Gasteiger partial charge in [0.1, 0.15) is 0 Å². The van der Waals surface area contributed by atoms with Crippen molar-refractivity contribution < 1.29 is 4.74 Å². The van der Waals surface area contributed by atoms with Crippen molar-refractivity contribution in [1.82, 2.24) is 9.97 Å². The quantitative estimate of drug-likeness (QED) is 0.797. The Kier molecular flexibility index (Phi) is 3.85. The minimum atomic E-state index is 0.280. The number of morpholine rings is 1. The summed E-state index contributed by atoms with van der Waals surface area (Å²) in [5.41, 5.74) is 4.19. The van der Waals surface area contributed by atoms with Gasteiger partial charge in [0, 0.05) is 30.5 Å². The van der Waals surface area contributed by atoms with E-state index in [0.717, 1.165) is 43.1 Å². The minimum Gasteiger partial charge on any atom is -0.378 e. The minimum absolute atomic E-state index is 0.280. The summed E-state index contributed by atoms with van der Waals surface area (Å²) in [6.45, 7) is 5.46. The second kappa shape index (κ2) is 5.77. The number of ether oxygens (including phenoxy) is 1. The Morgan fingerprint density at radius 1 is 1.15 bits per heavy atom. The Morgan fingerprint density at radius 2 is 1.85 bits per heavy atom. The van der Waals surface area contributed by atoms with Crippen molar-refractivity contribution in [2.24, 2.45) is 0 Å². The zero-order chi connectivity index (χ0) is 13.9. The summed E-state index contributed by atoms with van der Waals surface area (Å²) in [4.78, 5) is 10.6. The van der Waals surface area contributed by atoms with Gasteiger partial charge < -0.3 is 9.64 Å². The van der Waals surface area contributed by atoms with Gasteiger partial charge in [-0.05, 0) is 36.2 Å². The van der Waals surface area contributed by atoms with E-state index in [9.17, 15) is 0 Å². The third-order valence-corrected chi connectivity index (χ3v) is 3.64. The summed E-state index contributed by atoms with van der Waals surface area (Å²) in [6.07, 6.45) is 1.75. The van der Waals surface area contributed by atoms with Crippen molar-refractivity contribution in [3.8, 4) is 11.3 Å². The molecule has 1 aromatic heterocycles. The van der Waals surface area contributed by atoms with E-state index in [4.69, 9.17) is 16.3 Å². The van der Waals surface area contributed by atoms with Crippen LogP contribution < -0.4 is 4.90 Å². The average molecular weight is 290 g/mol. The standard InChI is InChI=1S/C15H16ClN3O/c1-11-10-17-15(16)18-14(11)12-2-4-13(5-3-12)19-6-8-20-9-7-19/h2-5,10H,6-9H2,1H3. The van der Waals surface area contributed by atoms with Gasteiger partial charge in [-0.3, -0.25) is 0 Å².